The van der Waals surface area contributed by atoms with Crippen LogP contribution in [0.1, 0.15) is 51.4 Å². The van der Waals surface area contributed by atoms with E-state index in [1.54, 1.807) is 0 Å². The summed E-state index contributed by atoms with van der Waals surface area (Å²) in [6.45, 7) is 0.593. The fourth-order valence-electron chi connectivity index (χ4n) is 1.44. The molecule has 0 aliphatic rings. The molecule has 0 saturated carbocycles. The topological polar surface area (TPSA) is 86.1 Å². The zero-order valence-electron chi connectivity index (χ0n) is 10.2. The summed E-state index contributed by atoms with van der Waals surface area (Å²) >= 11 is 0. The van der Waals surface area contributed by atoms with Crippen molar-refractivity contribution >= 4 is 5.97 Å². The number of allylic oxidation sites excluding steroid dienone is 2. The zero-order valence-corrected chi connectivity index (χ0v) is 10.2. The van der Waals surface area contributed by atoms with Crippen molar-refractivity contribution in [3.8, 4) is 0 Å². The number of carboxylic acid groups (broad SMARTS) is 1. The summed E-state index contributed by atoms with van der Waals surface area (Å²) < 4.78 is 0. The van der Waals surface area contributed by atoms with Gasteiger partial charge in [0.15, 0.2) is 0 Å². The molecule has 0 aliphatic heterocycles. The Balaban J connectivity index is 3.14. The number of hydrogen-bond acceptors (Lipinski definition) is 2. The van der Waals surface area contributed by atoms with E-state index >= 15 is 0 Å². The highest BCUT2D eigenvalue weighted by atomic mass is 16.4. The lowest BCUT2D eigenvalue weighted by Gasteiger charge is -1.95. The molecule has 5 heteroatoms. The maximum atomic E-state index is 10.2. The van der Waals surface area contributed by atoms with Crippen molar-refractivity contribution in [3.05, 3.63) is 22.6 Å². The van der Waals surface area contributed by atoms with E-state index in [0.717, 1.165) is 44.9 Å². The van der Waals surface area contributed by atoms with Crippen LogP contribution in [-0.2, 0) is 4.79 Å². The zero-order chi connectivity index (χ0) is 12.8. The van der Waals surface area contributed by atoms with Gasteiger partial charge in [-0.25, -0.2) is 0 Å². The first-order valence-electron chi connectivity index (χ1n) is 6.15. The third-order valence-corrected chi connectivity index (χ3v) is 2.37. The summed E-state index contributed by atoms with van der Waals surface area (Å²) in [5.74, 6) is -0.714. The first kappa shape index (κ1) is 15.5. The van der Waals surface area contributed by atoms with E-state index in [1.165, 1.54) is 0 Å². The van der Waals surface area contributed by atoms with Gasteiger partial charge in [-0.2, -0.15) is 0 Å². The molecular formula is C12H21N3O2. The van der Waals surface area contributed by atoms with Crippen LogP contribution in [-0.4, -0.2) is 17.6 Å². The van der Waals surface area contributed by atoms with E-state index in [0.29, 0.717) is 6.54 Å². The minimum Gasteiger partial charge on any atom is -0.481 e. The van der Waals surface area contributed by atoms with Crippen LogP contribution in [0.3, 0.4) is 0 Å². The number of azide groups is 1. The van der Waals surface area contributed by atoms with E-state index in [4.69, 9.17) is 10.6 Å². The van der Waals surface area contributed by atoms with E-state index in [-0.39, 0.29) is 6.42 Å². The lowest BCUT2D eigenvalue weighted by atomic mass is 10.1. The molecule has 0 spiro atoms. The maximum absolute atomic E-state index is 10.2. The molecule has 0 radical (unpaired) electrons. The summed E-state index contributed by atoms with van der Waals surface area (Å²) in [5, 5.41) is 11.9. The highest BCUT2D eigenvalue weighted by Crippen LogP contribution is 2.04. The van der Waals surface area contributed by atoms with Gasteiger partial charge in [0.05, 0.1) is 0 Å². The summed E-state index contributed by atoms with van der Waals surface area (Å²) in [6.07, 6.45) is 11.4. The molecule has 0 rings (SSSR count). The van der Waals surface area contributed by atoms with Crippen molar-refractivity contribution in [3.63, 3.8) is 0 Å². The van der Waals surface area contributed by atoms with E-state index in [9.17, 15) is 4.79 Å². The molecule has 1 N–H and O–H groups in total. The predicted octanol–water partition coefficient (Wildman–Crippen LogP) is 4.06. The Hall–Kier alpha value is -1.48. The molecule has 0 aromatic heterocycles. The number of aliphatic carboxylic acids is 1. The minimum atomic E-state index is -0.714. The number of hydrogen-bond donors (Lipinski definition) is 1. The van der Waals surface area contributed by atoms with Gasteiger partial charge in [0, 0.05) is 17.9 Å². The lowest BCUT2D eigenvalue weighted by Crippen LogP contribution is -1.92. The van der Waals surface area contributed by atoms with E-state index < -0.39 is 5.97 Å². The van der Waals surface area contributed by atoms with Gasteiger partial charge in [-0.1, -0.05) is 23.7 Å². The Kier molecular flexibility index (Phi) is 11.5. The number of rotatable bonds is 11. The Bertz CT molecular complexity index is 271. The quantitative estimate of drug-likeness (QED) is 0.194. The second kappa shape index (κ2) is 12.6. The standard InChI is InChI=1S/C12H21N3O2/c13-15-14-11-9-7-5-3-1-2-4-6-8-10-12(16)17/h1-2H,3-11H2,(H,16,17)/b2-1-. The van der Waals surface area contributed by atoms with Crippen molar-refractivity contribution in [1.29, 1.82) is 0 Å². The summed E-state index contributed by atoms with van der Waals surface area (Å²) in [5.41, 5.74) is 8.05. The number of unbranched alkanes of at least 4 members (excludes halogenated alkanes) is 5. The van der Waals surface area contributed by atoms with Gasteiger partial charge < -0.3 is 5.11 Å². The molecule has 96 valence electrons. The fraction of sp³-hybridized carbons (Fsp3) is 0.750. The monoisotopic (exact) mass is 239 g/mol. The van der Waals surface area contributed by atoms with Crippen molar-refractivity contribution in [2.75, 3.05) is 6.54 Å². The molecule has 0 fully saturated rings. The van der Waals surface area contributed by atoms with Crippen LogP contribution in [0.5, 0.6) is 0 Å². The smallest absolute Gasteiger partial charge is 0.303 e. The average molecular weight is 239 g/mol. The number of nitrogens with zero attached hydrogens (tertiary/aromatic N) is 3. The predicted molar refractivity (Wildman–Crippen MR) is 67.7 cm³/mol. The van der Waals surface area contributed by atoms with Crippen LogP contribution in [0.4, 0.5) is 0 Å². The third-order valence-electron chi connectivity index (χ3n) is 2.37. The largest absolute Gasteiger partial charge is 0.481 e. The van der Waals surface area contributed by atoms with Crippen molar-refractivity contribution in [2.45, 2.75) is 51.4 Å². The van der Waals surface area contributed by atoms with Gasteiger partial charge >= 0.3 is 5.97 Å². The van der Waals surface area contributed by atoms with Gasteiger partial charge in [-0.3, -0.25) is 4.79 Å². The first-order chi connectivity index (χ1) is 8.27. The molecule has 0 aliphatic carbocycles. The van der Waals surface area contributed by atoms with Crippen LogP contribution in [0.2, 0.25) is 0 Å². The number of carbonyl (C=O) groups is 1. The van der Waals surface area contributed by atoms with Gasteiger partial charge in [0.25, 0.3) is 0 Å². The van der Waals surface area contributed by atoms with Crippen LogP contribution < -0.4 is 0 Å². The summed E-state index contributed by atoms with van der Waals surface area (Å²) in [7, 11) is 0. The van der Waals surface area contributed by atoms with Crippen LogP contribution in [0, 0.1) is 0 Å². The van der Waals surface area contributed by atoms with E-state index in [1.807, 2.05) is 0 Å². The third kappa shape index (κ3) is 14.5. The van der Waals surface area contributed by atoms with E-state index in [2.05, 4.69) is 22.2 Å². The molecule has 0 heterocycles. The molecular weight excluding hydrogens is 218 g/mol. The molecule has 5 nitrogen and oxygen atoms in total. The van der Waals surface area contributed by atoms with Gasteiger partial charge in [-0.15, -0.1) is 0 Å². The SMILES string of the molecule is [N-]=[N+]=NCCCCC/C=C\CCCCC(=O)O. The maximum Gasteiger partial charge on any atom is 0.303 e. The summed E-state index contributed by atoms with van der Waals surface area (Å²) in [4.78, 5) is 12.9. The highest BCUT2D eigenvalue weighted by molar-refractivity contribution is 5.66. The normalized spacial score (nSPS) is 10.4. The lowest BCUT2D eigenvalue weighted by molar-refractivity contribution is -0.137. The summed E-state index contributed by atoms with van der Waals surface area (Å²) in [6, 6.07) is 0. The van der Waals surface area contributed by atoms with Crippen molar-refractivity contribution < 1.29 is 9.90 Å². The fourth-order valence-corrected chi connectivity index (χ4v) is 1.44. The molecule has 17 heavy (non-hydrogen) atoms. The average Bonchev–Trinajstić information content (AvgIpc) is 2.30. The minimum absolute atomic E-state index is 0.271. The molecule has 0 atom stereocenters. The molecule has 0 bridgehead atoms. The van der Waals surface area contributed by atoms with Crippen LogP contribution >= 0.6 is 0 Å². The Morgan fingerprint density at radius 1 is 1.12 bits per heavy atom. The molecule has 0 amide bonds. The number of carboxylic acids is 1. The second-order valence-corrected chi connectivity index (χ2v) is 3.91. The highest BCUT2D eigenvalue weighted by Gasteiger charge is 1.94. The molecule has 0 saturated heterocycles. The second-order valence-electron chi connectivity index (χ2n) is 3.91. The molecule has 0 aromatic carbocycles. The van der Waals surface area contributed by atoms with Crippen molar-refractivity contribution in [2.24, 2.45) is 5.11 Å². The Labute approximate surface area is 102 Å². The van der Waals surface area contributed by atoms with Gasteiger partial charge in [-0.05, 0) is 44.1 Å². The Morgan fingerprint density at radius 3 is 2.35 bits per heavy atom. The van der Waals surface area contributed by atoms with Gasteiger partial charge in [0.2, 0.25) is 0 Å². The molecule has 0 aromatic rings. The van der Waals surface area contributed by atoms with Crippen LogP contribution in [0.25, 0.3) is 10.4 Å². The first-order valence-corrected chi connectivity index (χ1v) is 6.15. The van der Waals surface area contributed by atoms with Gasteiger partial charge in [0.1, 0.15) is 0 Å². The molecule has 0 unspecified atom stereocenters. The van der Waals surface area contributed by atoms with Crippen molar-refractivity contribution in [1.82, 2.24) is 0 Å². The van der Waals surface area contributed by atoms with Crippen LogP contribution in [0.15, 0.2) is 17.3 Å². The Morgan fingerprint density at radius 2 is 1.76 bits per heavy atom.